The SMILES string of the molecule is CC(=O)C(C#N)C(=O)Nc1cccnc1Cl. The molecule has 1 heterocycles. The number of ketones is 1. The van der Waals surface area contributed by atoms with E-state index in [0.717, 1.165) is 0 Å². The molecular weight excluding hydrogens is 230 g/mol. The minimum atomic E-state index is -1.32. The molecule has 1 aromatic heterocycles. The zero-order chi connectivity index (χ0) is 12.1. The van der Waals surface area contributed by atoms with Gasteiger partial charge in [-0.25, -0.2) is 4.98 Å². The van der Waals surface area contributed by atoms with Crippen LogP contribution in [-0.4, -0.2) is 16.7 Å². The quantitative estimate of drug-likeness (QED) is 0.636. The second-order valence-corrected chi connectivity index (χ2v) is 3.36. The molecule has 0 aliphatic heterocycles. The van der Waals surface area contributed by atoms with E-state index in [-0.39, 0.29) is 10.8 Å². The minimum absolute atomic E-state index is 0.107. The molecule has 0 aliphatic rings. The van der Waals surface area contributed by atoms with Crippen molar-refractivity contribution in [3.05, 3.63) is 23.5 Å². The average Bonchev–Trinajstić information content (AvgIpc) is 2.22. The van der Waals surface area contributed by atoms with E-state index in [1.165, 1.54) is 19.2 Å². The Hall–Kier alpha value is -1.93. The van der Waals surface area contributed by atoms with E-state index in [2.05, 4.69) is 10.3 Å². The molecule has 16 heavy (non-hydrogen) atoms. The van der Waals surface area contributed by atoms with Gasteiger partial charge in [0.1, 0.15) is 0 Å². The van der Waals surface area contributed by atoms with Gasteiger partial charge < -0.3 is 5.32 Å². The summed E-state index contributed by atoms with van der Waals surface area (Å²) in [6, 6.07) is 4.73. The molecule has 0 aliphatic carbocycles. The summed E-state index contributed by atoms with van der Waals surface area (Å²) in [6.07, 6.45) is 1.46. The van der Waals surface area contributed by atoms with Crippen LogP contribution >= 0.6 is 11.6 Å². The second-order valence-electron chi connectivity index (χ2n) is 3.00. The van der Waals surface area contributed by atoms with Crippen LogP contribution in [0.1, 0.15) is 6.92 Å². The van der Waals surface area contributed by atoms with Crippen molar-refractivity contribution in [2.75, 3.05) is 5.32 Å². The molecule has 1 atom stereocenters. The Morgan fingerprint density at radius 2 is 2.31 bits per heavy atom. The molecular formula is C10H8ClN3O2. The minimum Gasteiger partial charge on any atom is -0.322 e. The van der Waals surface area contributed by atoms with E-state index >= 15 is 0 Å². The van der Waals surface area contributed by atoms with Crippen molar-refractivity contribution >= 4 is 29.0 Å². The fourth-order valence-corrected chi connectivity index (χ4v) is 1.18. The number of Topliss-reactive ketones (excluding diaryl/α,β-unsaturated/α-hetero) is 1. The molecule has 0 fully saturated rings. The van der Waals surface area contributed by atoms with Crippen molar-refractivity contribution in [1.82, 2.24) is 4.98 Å². The molecule has 0 spiro atoms. The lowest BCUT2D eigenvalue weighted by Crippen LogP contribution is -2.27. The first-order chi connectivity index (χ1) is 7.56. The predicted octanol–water partition coefficient (Wildman–Crippen LogP) is 1.40. The highest BCUT2D eigenvalue weighted by atomic mass is 35.5. The van der Waals surface area contributed by atoms with Crippen LogP contribution in [0.25, 0.3) is 0 Å². The van der Waals surface area contributed by atoms with Crippen molar-refractivity contribution in [3.63, 3.8) is 0 Å². The van der Waals surface area contributed by atoms with Gasteiger partial charge in [0.15, 0.2) is 16.9 Å². The molecule has 82 valence electrons. The number of amides is 1. The van der Waals surface area contributed by atoms with Gasteiger partial charge in [0.05, 0.1) is 11.8 Å². The summed E-state index contributed by atoms with van der Waals surface area (Å²) in [4.78, 5) is 26.2. The van der Waals surface area contributed by atoms with Crippen LogP contribution in [0.2, 0.25) is 5.15 Å². The first-order valence-electron chi connectivity index (χ1n) is 4.37. The molecule has 6 heteroatoms. The van der Waals surface area contributed by atoms with Crippen molar-refractivity contribution in [1.29, 1.82) is 5.26 Å². The normalized spacial score (nSPS) is 11.3. The van der Waals surface area contributed by atoms with Crippen LogP contribution in [0.3, 0.4) is 0 Å². The molecule has 1 amide bonds. The van der Waals surface area contributed by atoms with Crippen LogP contribution in [0.5, 0.6) is 0 Å². The number of rotatable bonds is 3. The highest BCUT2D eigenvalue weighted by Crippen LogP contribution is 2.18. The molecule has 1 aromatic rings. The fraction of sp³-hybridized carbons (Fsp3) is 0.200. The Labute approximate surface area is 97.0 Å². The summed E-state index contributed by atoms with van der Waals surface area (Å²) in [5, 5.41) is 11.1. The molecule has 1 rings (SSSR count). The number of pyridine rings is 1. The summed E-state index contributed by atoms with van der Waals surface area (Å²) in [5.74, 6) is -2.54. The topological polar surface area (TPSA) is 82.8 Å². The summed E-state index contributed by atoms with van der Waals surface area (Å²) < 4.78 is 0. The molecule has 0 bridgehead atoms. The Balaban J connectivity index is 2.84. The number of hydrogen-bond donors (Lipinski definition) is 1. The van der Waals surface area contributed by atoms with Crippen molar-refractivity contribution in [2.24, 2.45) is 5.92 Å². The van der Waals surface area contributed by atoms with Gasteiger partial charge in [-0.05, 0) is 19.1 Å². The van der Waals surface area contributed by atoms with Crippen LogP contribution in [0, 0.1) is 17.2 Å². The van der Waals surface area contributed by atoms with Gasteiger partial charge in [0, 0.05) is 6.20 Å². The van der Waals surface area contributed by atoms with Crippen molar-refractivity contribution in [2.45, 2.75) is 6.92 Å². The highest BCUT2D eigenvalue weighted by Gasteiger charge is 2.23. The molecule has 1 unspecified atom stereocenters. The van der Waals surface area contributed by atoms with Gasteiger partial charge in [0.25, 0.3) is 0 Å². The maximum Gasteiger partial charge on any atom is 0.249 e. The molecule has 1 N–H and O–H groups in total. The predicted molar refractivity (Wildman–Crippen MR) is 57.7 cm³/mol. The Kier molecular flexibility index (Phi) is 3.97. The van der Waals surface area contributed by atoms with E-state index in [1.54, 1.807) is 12.1 Å². The lowest BCUT2D eigenvalue weighted by molar-refractivity contribution is -0.127. The molecule has 0 radical (unpaired) electrons. The molecule has 0 aromatic carbocycles. The standard InChI is InChI=1S/C10H8ClN3O2/c1-6(15)7(5-12)10(16)14-8-3-2-4-13-9(8)11/h2-4,7H,1H3,(H,14,16). The lowest BCUT2D eigenvalue weighted by Gasteiger charge is -2.07. The first kappa shape index (κ1) is 12.1. The Morgan fingerprint density at radius 3 is 2.81 bits per heavy atom. The summed E-state index contributed by atoms with van der Waals surface area (Å²) in [6.45, 7) is 1.18. The largest absolute Gasteiger partial charge is 0.322 e. The van der Waals surface area contributed by atoms with Gasteiger partial charge in [-0.2, -0.15) is 5.26 Å². The summed E-state index contributed by atoms with van der Waals surface area (Å²) >= 11 is 5.70. The van der Waals surface area contributed by atoms with Crippen molar-refractivity contribution in [3.8, 4) is 6.07 Å². The van der Waals surface area contributed by atoms with Gasteiger partial charge >= 0.3 is 0 Å². The number of carbonyl (C=O) groups excluding carboxylic acids is 2. The number of nitrogens with one attached hydrogen (secondary N) is 1. The number of carbonyl (C=O) groups is 2. The lowest BCUT2D eigenvalue weighted by atomic mass is 10.1. The van der Waals surface area contributed by atoms with Crippen LogP contribution in [0.4, 0.5) is 5.69 Å². The van der Waals surface area contributed by atoms with Gasteiger partial charge in [-0.1, -0.05) is 11.6 Å². The summed E-state index contributed by atoms with van der Waals surface area (Å²) in [5.41, 5.74) is 0.274. The number of nitrogens with zero attached hydrogens (tertiary/aromatic N) is 2. The van der Waals surface area contributed by atoms with E-state index in [9.17, 15) is 9.59 Å². The molecule has 5 nitrogen and oxygen atoms in total. The zero-order valence-electron chi connectivity index (χ0n) is 8.40. The number of nitriles is 1. The van der Waals surface area contributed by atoms with E-state index in [0.29, 0.717) is 0 Å². The maximum atomic E-state index is 11.5. The fourth-order valence-electron chi connectivity index (χ4n) is 1.02. The van der Waals surface area contributed by atoms with Crippen LogP contribution < -0.4 is 5.32 Å². The zero-order valence-corrected chi connectivity index (χ0v) is 9.15. The highest BCUT2D eigenvalue weighted by molar-refractivity contribution is 6.32. The van der Waals surface area contributed by atoms with Gasteiger partial charge in [-0.3, -0.25) is 9.59 Å². The maximum absolute atomic E-state index is 11.5. The third kappa shape index (κ3) is 2.78. The van der Waals surface area contributed by atoms with Crippen LogP contribution in [0.15, 0.2) is 18.3 Å². The Bertz CT molecular complexity index is 467. The third-order valence-electron chi connectivity index (χ3n) is 1.81. The van der Waals surface area contributed by atoms with Gasteiger partial charge in [-0.15, -0.1) is 0 Å². The van der Waals surface area contributed by atoms with E-state index in [4.69, 9.17) is 16.9 Å². The molecule has 0 saturated heterocycles. The van der Waals surface area contributed by atoms with Crippen molar-refractivity contribution < 1.29 is 9.59 Å². The van der Waals surface area contributed by atoms with E-state index in [1.807, 2.05) is 0 Å². The number of hydrogen-bond acceptors (Lipinski definition) is 4. The summed E-state index contributed by atoms with van der Waals surface area (Å²) in [7, 11) is 0. The van der Waals surface area contributed by atoms with Gasteiger partial charge in [0.2, 0.25) is 5.91 Å². The number of anilines is 1. The second kappa shape index (κ2) is 5.24. The van der Waals surface area contributed by atoms with Crippen LogP contribution in [-0.2, 0) is 9.59 Å². The number of halogens is 1. The average molecular weight is 238 g/mol. The monoisotopic (exact) mass is 237 g/mol. The number of aromatic nitrogens is 1. The third-order valence-corrected chi connectivity index (χ3v) is 2.12. The van der Waals surface area contributed by atoms with E-state index < -0.39 is 17.6 Å². The first-order valence-corrected chi connectivity index (χ1v) is 4.75. The smallest absolute Gasteiger partial charge is 0.249 e. The Morgan fingerprint density at radius 1 is 1.62 bits per heavy atom. The molecule has 0 saturated carbocycles.